The lowest BCUT2D eigenvalue weighted by molar-refractivity contribution is 0.180. The first-order chi connectivity index (χ1) is 9.77. The van der Waals surface area contributed by atoms with Crippen molar-refractivity contribution in [3.8, 4) is 0 Å². The molecule has 0 saturated carbocycles. The van der Waals surface area contributed by atoms with Crippen LogP contribution >= 0.6 is 0 Å². The second kappa shape index (κ2) is 7.22. The van der Waals surface area contributed by atoms with Crippen LogP contribution in [0.4, 0.5) is 0 Å². The zero-order valence-electron chi connectivity index (χ0n) is 12.4. The fourth-order valence-corrected chi connectivity index (χ4v) is 2.73. The van der Waals surface area contributed by atoms with Gasteiger partial charge in [0.1, 0.15) is 0 Å². The maximum atomic E-state index is 5.90. The van der Waals surface area contributed by atoms with Crippen LogP contribution < -0.4 is 5.73 Å². The van der Waals surface area contributed by atoms with Crippen LogP contribution in [-0.4, -0.2) is 24.0 Å². The lowest BCUT2D eigenvalue weighted by Gasteiger charge is -2.36. The first-order valence-electron chi connectivity index (χ1n) is 7.33. The smallest absolute Gasteiger partial charge is 0.0604 e. The summed E-state index contributed by atoms with van der Waals surface area (Å²) in [5.41, 5.74) is 8.54. The van der Waals surface area contributed by atoms with Crippen molar-refractivity contribution in [2.75, 3.05) is 13.1 Å². The maximum absolute atomic E-state index is 5.90. The molecule has 0 bridgehead atoms. The summed E-state index contributed by atoms with van der Waals surface area (Å²) in [4.78, 5) is 2.46. The molecule has 0 aliphatic rings. The summed E-state index contributed by atoms with van der Waals surface area (Å²) in [6.45, 7) is 6.05. The van der Waals surface area contributed by atoms with Crippen molar-refractivity contribution in [2.24, 2.45) is 5.73 Å². The van der Waals surface area contributed by atoms with Gasteiger partial charge in [0.25, 0.3) is 0 Å². The van der Waals surface area contributed by atoms with Gasteiger partial charge in [0, 0.05) is 12.6 Å². The molecule has 2 aromatic carbocycles. The zero-order valence-corrected chi connectivity index (χ0v) is 12.4. The number of likely N-dealkylation sites (N-methyl/N-ethyl adjacent to an activating group) is 1. The summed E-state index contributed by atoms with van der Waals surface area (Å²) in [7, 11) is 0. The van der Waals surface area contributed by atoms with E-state index in [1.165, 1.54) is 11.1 Å². The molecular formula is C18H24N2. The molecule has 106 valence electrons. The molecule has 0 radical (unpaired) electrons. The van der Waals surface area contributed by atoms with Gasteiger partial charge >= 0.3 is 0 Å². The lowest BCUT2D eigenvalue weighted by atomic mass is 9.96. The predicted molar refractivity (Wildman–Crippen MR) is 85.6 cm³/mol. The van der Waals surface area contributed by atoms with Gasteiger partial charge in [-0.2, -0.15) is 0 Å². The van der Waals surface area contributed by atoms with Gasteiger partial charge in [0.15, 0.2) is 0 Å². The molecule has 0 aliphatic heterocycles. The largest absolute Gasteiger partial charge is 0.329 e. The summed E-state index contributed by atoms with van der Waals surface area (Å²) in [6, 6.07) is 21.9. The molecule has 1 unspecified atom stereocenters. The van der Waals surface area contributed by atoms with E-state index in [-0.39, 0.29) is 6.04 Å². The number of hydrogen-bond acceptors (Lipinski definition) is 2. The van der Waals surface area contributed by atoms with Crippen molar-refractivity contribution in [2.45, 2.75) is 25.9 Å². The van der Waals surface area contributed by atoms with Crippen molar-refractivity contribution in [1.82, 2.24) is 4.90 Å². The highest BCUT2D eigenvalue weighted by molar-refractivity contribution is 5.32. The van der Waals surface area contributed by atoms with Gasteiger partial charge in [-0.3, -0.25) is 4.90 Å². The molecule has 2 nitrogen and oxygen atoms in total. The van der Waals surface area contributed by atoms with E-state index in [0.29, 0.717) is 12.6 Å². The predicted octanol–water partition coefficient (Wildman–Crippen LogP) is 3.45. The molecular weight excluding hydrogens is 244 g/mol. The molecule has 2 heteroatoms. The maximum Gasteiger partial charge on any atom is 0.0604 e. The second-order valence-corrected chi connectivity index (χ2v) is 5.14. The first-order valence-corrected chi connectivity index (χ1v) is 7.33. The van der Waals surface area contributed by atoms with E-state index < -0.39 is 0 Å². The quantitative estimate of drug-likeness (QED) is 0.869. The third kappa shape index (κ3) is 3.27. The average molecular weight is 268 g/mol. The Labute approximate surface area is 122 Å². The minimum Gasteiger partial charge on any atom is -0.329 e. The third-order valence-corrected chi connectivity index (χ3v) is 3.83. The molecule has 2 rings (SSSR count). The van der Waals surface area contributed by atoms with E-state index in [1.807, 2.05) is 0 Å². The Hall–Kier alpha value is -1.64. The van der Waals surface area contributed by atoms with Crippen molar-refractivity contribution in [3.63, 3.8) is 0 Å². The molecule has 0 aliphatic carbocycles. The summed E-state index contributed by atoms with van der Waals surface area (Å²) in [5.74, 6) is 0. The first kappa shape index (κ1) is 14.8. The summed E-state index contributed by atoms with van der Waals surface area (Å²) in [6.07, 6.45) is 0. The average Bonchev–Trinajstić information content (AvgIpc) is 2.53. The van der Waals surface area contributed by atoms with E-state index in [2.05, 4.69) is 79.4 Å². The van der Waals surface area contributed by atoms with Crippen LogP contribution in [0.15, 0.2) is 60.7 Å². The number of benzene rings is 2. The normalized spacial score (nSPS) is 12.8. The third-order valence-electron chi connectivity index (χ3n) is 3.83. The number of hydrogen-bond donors (Lipinski definition) is 1. The molecule has 1 atom stereocenters. The Balaban J connectivity index is 2.44. The van der Waals surface area contributed by atoms with Crippen LogP contribution in [0.2, 0.25) is 0 Å². The highest BCUT2D eigenvalue weighted by Gasteiger charge is 2.24. The molecule has 0 saturated heterocycles. The zero-order chi connectivity index (χ0) is 14.4. The molecule has 0 heterocycles. The Morgan fingerprint density at radius 3 is 1.70 bits per heavy atom. The second-order valence-electron chi connectivity index (χ2n) is 5.14. The van der Waals surface area contributed by atoms with Crippen LogP contribution in [0.1, 0.15) is 31.0 Å². The summed E-state index contributed by atoms with van der Waals surface area (Å²) in [5, 5.41) is 0. The standard InChI is InChI=1S/C18H24N2/c1-3-20(15(2)14-19)18(16-10-6-4-7-11-16)17-12-8-5-9-13-17/h4-13,15,18H,3,14,19H2,1-2H3. The van der Waals surface area contributed by atoms with Crippen LogP contribution in [0.5, 0.6) is 0 Å². The highest BCUT2D eigenvalue weighted by Crippen LogP contribution is 2.29. The Morgan fingerprint density at radius 1 is 0.900 bits per heavy atom. The molecule has 0 aromatic heterocycles. The van der Waals surface area contributed by atoms with Crippen LogP contribution in [0.25, 0.3) is 0 Å². The summed E-state index contributed by atoms with van der Waals surface area (Å²) >= 11 is 0. The van der Waals surface area contributed by atoms with Crippen LogP contribution in [0, 0.1) is 0 Å². The monoisotopic (exact) mass is 268 g/mol. The number of nitrogens with zero attached hydrogens (tertiary/aromatic N) is 1. The number of nitrogens with two attached hydrogens (primary N) is 1. The van der Waals surface area contributed by atoms with E-state index in [4.69, 9.17) is 5.73 Å². The van der Waals surface area contributed by atoms with E-state index in [9.17, 15) is 0 Å². The topological polar surface area (TPSA) is 29.3 Å². The molecule has 20 heavy (non-hydrogen) atoms. The van der Waals surface area contributed by atoms with Gasteiger partial charge in [-0.25, -0.2) is 0 Å². The van der Waals surface area contributed by atoms with E-state index in [1.54, 1.807) is 0 Å². The van der Waals surface area contributed by atoms with Crippen molar-refractivity contribution in [3.05, 3.63) is 71.8 Å². The van der Waals surface area contributed by atoms with Crippen molar-refractivity contribution in [1.29, 1.82) is 0 Å². The Bertz CT molecular complexity index is 456. The molecule has 2 N–H and O–H groups in total. The van der Waals surface area contributed by atoms with Gasteiger partial charge in [0.2, 0.25) is 0 Å². The van der Waals surface area contributed by atoms with Gasteiger partial charge in [-0.05, 0) is 24.6 Å². The molecule has 0 spiro atoms. The number of rotatable bonds is 6. The fourth-order valence-electron chi connectivity index (χ4n) is 2.73. The minimum absolute atomic E-state index is 0.265. The van der Waals surface area contributed by atoms with Crippen LogP contribution in [-0.2, 0) is 0 Å². The highest BCUT2D eigenvalue weighted by atomic mass is 15.2. The Kier molecular flexibility index (Phi) is 5.33. The van der Waals surface area contributed by atoms with E-state index in [0.717, 1.165) is 6.54 Å². The van der Waals surface area contributed by atoms with E-state index >= 15 is 0 Å². The SMILES string of the molecule is CCN(C(C)CN)C(c1ccccc1)c1ccccc1. The lowest BCUT2D eigenvalue weighted by Crippen LogP contribution is -2.41. The van der Waals surface area contributed by atoms with Gasteiger partial charge in [-0.1, -0.05) is 67.6 Å². The van der Waals surface area contributed by atoms with Crippen LogP contribution in [0.3, 0.4) is 0 Å². The molecule has 0 amide bonds. The molecule has 0 fully saturated rings. The van der Waals surface area contributed by atoms with Gasteiger partial charge in [-0.15, -0.1) is 0 Å². The summed E-state index contributed by atoms with van der Waals surface area (Å²) < 4.78 is 0. The molecule has 2 aromatic rings. The Morgan fingerprint density at radius 2 is 1.35 bits per heavy atom. The van der Waals surface area contributed by atoms with Crippen molar-refractivity contribution >= 4 is 0 Å². The van der Waals surface area contributed by atoms with Gasteiger partial charge < -0.3 is 5.73 Å². The fraction of sp³-hybridized carbons (Fsp3) is 0.333. The van der Waals surface area contributed by atoms with Crippen molar-refractivity contribution < 1.29 is 0 Å². The van der Waals surface area contributed by atoms with Gasteiger partial charge in [0.05, 0.1) is 6.04 Å². The minimum atomic E-state index is 0.265.